The monoisotopic (exact) mass is 365 g/mol. The van der Waals surface area contributed by atoms with Crippen LogP contribution in [0.4, 0.5) is 5.95 Å². The maximum Gasteiger partial charge on any atom is 0.327 e. The van der Waals surface area contributed by atoms with Gasteiger partial charge < -0.3 is 4.98 Å². The summed E-state index contributed by atoms with van der Waals surface area (Å²) >= 11 is 1.35. The van der Waals surface area contributed by atoms with Crippen LogP contribution in [0.5, 0.6) is 0 Å². The van der Waals surface area contributed by atoms with Gasteiger partial charge in [0.05, 0.1) is 6.33 Å². The van der Waals surface area contributed by atoms with Crippen LogP contribution in [0.25, 0.3) is 22.3 Å². The van der Waals surface area contributed by atoms with Crippen LogP contribution in [0.3, 0.4) is 0 Å². The molecule has 0 saturated carbocycles. The van der Waals surface area contributed by atoms with Crippen molar-refractivity contribution in [1.29, 1.82) is 0 Å². The van der Waals surface area contributed by atoms with E-state index in [9.17, 15) is 19.2 Å². The molecule has 0 radical (unpaired) electrons. The normalized spacial score (nSPS) is 10.6. The molecule has 4 aromatic heterocycles. The van der Waals surface area contributed by atoms with E-state index in [0.717, 1.165) is 0 Å². The Hall–Kier alpha value is -3.55. The third-order valence-corrected chi connectivity index (χ3v) is 3.31. The molecule has 0 spiro atoms. The highest BCUT2D eigenvalue weighted by atomic mass is 32.2. The standard InChI is InChI=1S/C6H7N5OS.C5H4N4O3/c1-13-11-6-9-4-3(5(12)10-6)7-2-8-4;10-3-1-2(7-4(11)6-1)8-5(12)9-3/h2H,1H3,(H3,7,8,9,10,11,12);(H4,6,7,8,9,10,11,12). The average Bonchev–Trinajstić information content (AvgIpc) is 3.14. The minimum absolute atomic E-state index is 0.0413. The van der Waals surface area contributed by atoms with Crippen molar-refractivity contribution in [3.8, 4) is 0 Å². The van der Waals surface area contributed by atoms with Crippen LogP contribution in [-0.2, 0) is 0 Å². The summed E-state index contributed by atoms with van der Waals surface area (Å²) in [5.41, 5.74) is -1.06. The maximum atomic E-state index is 11.3. The summed E-state index contributed by atoms with van der Waals surface area (Å²) in [5.74, 6) is 0.414. The Kier molecular flexibility index (Phi) is 4.25. The first-order valence-electron chi connectivity index (χ1n) is 6.65. The molecule has 0 saturated heterocycles. The molecule has 0 aliphatic rings. The zero-order valence-corrected chi connectivity index (χ0v) is 13.3. The summed E-state index contributed by atoms with van der Waals surface area (Å²) in [5, 5.41) is 0. The van der Waals surface area contributed by atoms with E-state index in [1.807, 2.05) is 11.2 Å². The molecular formula is C11H11N9O4S. The molecule has 25 heavy (non-hydrogen) atoms. The number of nitrogens with one attached hydrogen (secondary N) is 7. The lowest BCUT2D eigenvalue weighted by Crippen LogP contribution is -2.21. The first kappa shape index (κ1) is 16.3. The smallest absolute Gasteiger partial charge is 0.327 e. The fourth-order valence-electron chi connectivity index (χ4n) is 1.95. The van der Waals surface area contributed by atoms with Crippen LogP contribution < -0.4 is 27.2 Å². The summed E-state index contributed by atoms with van der Waals surface area (Å²) < 4.78 is 2.83. The largest absolute Gasteiger partial charge is 0.339 e. The van der Waals surface area contributed by atoms with Crippen LogP contribution >= 0.6 is 11.9 Å². The van der Waals surface area contributed by atoms with E-state index >= 15 is 0 Å². The van der Waals surface area contributed by atoms with Crippen LogP contribution in [0.1, 0.15) is 0 Å². The van der Waals surface area contributed by atoms with Crippen LogP contribution in [0.15, 0.2) is 25.5 Å². The number of hydrogen-bond donors (Lipinski definition) is 7. The van der Waals surface area contributed by atoms with Gasteiger partial charge >= 0.3 is 11.4 Å². The first-order chi connectivity index (χ1) is 12.0. The second kappa shape index (κ2) is 6.52. The van der Waals surface area contributed by atoms with Gasteiger partial charge in [-0.2, -0.15) is 4.98 Å². The Morgan fingerprint density at radius 1 is 0.920 bits per heavy atom. The van der Waals surface area contributed by atoms with Crippen molar-refractivity contribution in [1.82, 2.24) is 39.9 Å². The van der Waals surface area contributed by atoms with Crippen molar-refractivity contribution in [3.05, 3.63) is 48.0 Å². The zero-order valence-electron chi connectivity index (χ0n) is 12.5. The molecule has 0 aromatic carbocycles. The van der Waals surface area contributed by atoms with Crippen molar-refractivity contribution in [2.45, 2.75) is 0 Å². The van der Waals surface area contributed by atoms with Crippen molar-refractivity contribution < 1.29 is 0 Å². The third kappa shape index (κ3) is 3.37. The number of imidazole rings is 2. The molecule has 0 bridgehead atoms. The second-order valence-electron chi connectivity index (χ2n) is 4.56. The number of hydrogen-bond acceptors (Lipinski definition) is 8. The average molecular weight is 365 g/mol. The summed E-state index contributed by atoms with van der Waals surface area (Å²) in [4.78, 5) is 65.5. The molecule has 13 nitrogen and oxygen atoms in total. The summed E-state index contributed by atoms with van der Waals surface area (Å²) in [6.45, 7) is 0. The SMILES string of the molecule is CSNc1nc2nc[nH]c2c(=O)[nH]1.O=c1[nH]c(=O)c2[nH]c(=O)[nH]c2[nH]1. The Morgan fingerprint density at radius 2 is 1.60 bits per heavy atom. The molecule has 130 valence electrons. The van der Waals surface area contributed by atoms with Crippen molar-refractivity contribution in [2.24, 2.45) is 0 Å². The van der Waals surface area contributed by atoms with Crippen molar-refractivity contribution >= 4 is 40.2 Å². The number of anilines is 1. The highest BCUT2D eigenvalue weighted by molar-refractivity contribution is 7.99. The second-order valence-corrected chi connectivity index (χ2v) is 5.17. The van der Waals surface area contributed by atoms with E-state index in [-0.39, 0.29) is 16.7 Å². The van der Waals surface area contributed by atoms with Gasteiger partial charge in [0.2, 0.25) is 5.95 Å². The lowest BCUT2D eigenvalue weighted by Gasteiger charge is -1.98. The predicted molar refractivity (Wildman–Crippen MR) is 91.8 cm³/mol. The molecule has 14 heteroatoms. The summed E-state index contributed by atoms with van der Waals surface area (Å²) in [7, 11) is 0. The third-order valence-electron chi connectivity index (χ3n) is 2.91. The van der Waals surface area contributed by atoms with Gasteiger partial charge in [0.15, 0.2) is 11.2 Å². The van der Waals surface area contributed by atoms with E-state index in [0.29, 0.717) is 17.1 Å². The molecule has 7 N–H and O–H groups in total. The number of aromatic nitrogens is 8. The molecular weight excluding hydrogens is 354 g/mol. The Bertz CT molecular complexity index is 1260. The lowest BCUT2D eigenvalue weighted by molar-refractivity contribution is 1.07. The van der Waals surface area contributed by atoms with Gasteiger partial charge in [0.25, 0.3) is 11.1 Å². The van der Waals surface area contributed by atoms with Gasteiger partial charge in [-0.1, -0.05) is 11.9 Å². The van der Waals surface area contributed by atoms with E-state index < -0.39 is 16.9 Å². The highest BCUT2D eigenvalue weighted by Gasteiger charge is 2.04. The van der Waals surface area contributed by atoms with Gasteiger partial charge in [-0.05, 0) is 0 Å². The van der Waals surface area contributed by atoms with Crippen LogP contribution in [0, 0.1) is 0 Å². The van der Waals surface area contributed by atoms with E-state index in [4.69, 9.17) is 0 Å². The van der Waals surface area contributed by atoms with Gasteiger partial charge in [-0.15, -0.1) is 0 Å². The molecule has 0 aliphatic carbocycles. The number of aromatic amines is 6. The maximum absolute atomic E-state index is 11.3. The van der Waals surface area contributed by atoms with E-state index in [2.05, 4.69) is 39.6 Å². The molecule has 0 aliphatic heterocycles. The first-order valence-corrected chi connectivity index (χ1v) is 7.87. The highest BCUT2D eigenvalue weighted by Crippen LogP contribution is 2.05. The number of fused-ring (bicyclic) bond motifs is 2. The van der Waals surface area contributed by atoms with Gasteiger partial charge in [0.1, 0.15) is 11.2 Å². The zero-order chi connectivity index (χ0) is 18.0. The van der Waals surface area contributed by atoms with E-state index in [1.165, 1.54) is 18.3 Å². The number of H-pyrrole nitrogens is 6. The van der Waals surface area contributed by atoms with Crippen molar-refractivity contribution in [3.63, 3.8) is 0 Å². The van der Waals surface area contributed by atoms with Gasteiger partial charge in [-0.3, -0.25) is 39.2 Å². The van der Waals surface area contributed by atoms with Crippen molar-refractivity contribution in [2.75, 3.05) is 11.0 Å². The Morgan fingerprint density at radius 3 is 2.32 bits per heavy atom. The minimum atomic E-state index is -0.650. The predicted octanol–water partition coefficient (Wildman–Crippen LogP) is -1.43. The molecule has 0 fully saturated rings. The molecule has 4 rings (SSSR count). The fraction of sp³-hybridized carbons (Fsp3) is 0.0909. The Balaban J connectivity index is 0.000000146. The van der Waals surface area contributed by atoms with E-state index in [1.54, 1.807) is 0 Å². The number of nitrogens with zero attached hydrogens (tertiary/aromatic N) is 2. The van der Waals surface area contributed by atoms with Crippen LogP contribution in [0.2, 0.25) is 0 Å². The number of rotatable bonds is 2. The molecule has 4 heterocycles. The molecule has 0 amide bonds. The topological polar surface area (TPSA) is 201 Å². The van der Waals surface area contributed by atoms with Gasteiger partial charge in [0, 0.05) is 6.26 Å². The van der Waals surface area contributed by atoms with Gasteiger partial charge in [-0.25, -0.2) is 14.6 Å². The lowest BCUT2D eigenvalue weighted by atomic mass is 10.5. The molecule has 0 atom stereocenters. The summed E-state index contributed by atoms with van der Waals surface area (Å²) in [6.07, 6.45) is 3.28. The summed E-state index contributed by atoms with van der Waals surface area (Å²) in [6, 6.07) is 0. The fourth-order valence-corrected chi connectivity index (χ4v) is 2.24. The molecule has 0 unspecified atom stereocenters. The van der Waals surface area contributed by atoms with Crippen LogP contribution in [-0.4, -0.2) is 46.1 Å². The minimum Gasteiger partial charge on any atom is -0.339 e. The quantitative estimate of drug-likeness (QED) is 0.209. The molecule has 4 aromatic rings. The Labute approximate surface area is 139 Å².